The maximum atomic E-state index is 14.4. The van der Waals surface area contributed by atoms with Crippen molar-refractivity contribution in [2.75, 3.05) is 18.0 Å². The molecule has 1 fully saturated rings. The average Bonchev–Trinajstić information content (AvgIpc) is 3.31. The van der Waals surface area contributed by atoms with Crippen molar-refractivity contribution in [2.45, 2.75) is 24.3 Å². The first-order valence-corrected chi connectivity index (χ1v) is 11.2. The minimum absolute atomic E-state index is 0.225. The second-order valence-electron chi connectivity index (χ2n) is 7.36. The molecule has 2 heterocycles. The van der Waals surface area contributed by atoms with Gasteiger partial charge in [0.05, 0.1) is 17.0 Å². The van der Waals surface area contributed by atoms with Gasteiger partial charge in [0.2, 0.25) is 0 Å². The summed E-state index contributed by atoms with van der Waals surface area (Å²) >= 11 is 0. The Morgan fingerprint density at radius 3 is 2.57 bits per heavy atom. The van der Waals surface area contributed by atoms with Gasteiger partial charge in [-0.05, 0) is 42.5 Å². The van der Waals surface area contributed by atoms with Gasteiger partial charge in [0, 0.05) is 23.9 Å². The number of para-hydroxylation sites is 1. The summed E-state index contributed by atoms with van der Waals surface area (Å²) in [7, 11) is -1.59. The summed E-state index contributed by atoms with van der Waals surface area (Å²) in [6.45, 7) is 2.19. The van der Waals surface area contributed by atoms with Gasteiger partial charge in [-0.3, -0.25) is 0 Å². The van der Waals surface area contributed by atoms with E-state index in [0.29, 0.717) is 16.1 Å². The largest absolute Gasteiger partial charge is 0.356 e. The van der Waals surface area contributed by atoms with E-state index in [2.05, 4.69) is 14.6 Å². The summed E-state index contributed by atoms with van der Waals surface area (Å²) in [4.78, 5) is 12.1. The van der Waals surface area contributed by atoms with Gasteiger partial charge in [-0.25, -0.2) is 23.3 Å². The summed E-state index contributed by atoms with van der Waals surface area (Å²) in [6, 6.07) is 18.1. The number of halogens is 1. The topological polar surface area (TPSA) is 58.1 Å². The highest BCUT2D eigenvalue weighted by atomic mass is 32.2. The van der Waals surface area contributed by atoms with E-state index in [1.54, 1.807) is 18.2 Å². The van der Waals surface area contributed by atoms with E-state index >= 15 is 0 Å². The number of nitrogens with one attached hydrogen (secondary N) is 1. The highest BCUT2D eigenvalue weighted by Crippen LogP contribution is 2.27. The molecule has 3 aromatic carbocycles. The van der Waals surface area contributed by atoms with E-state index in [1.807, 2.05) is 36.4 Å². The van der Waals surface area contributed by atoms with Gasteiger partial charge in [-0.15, -0.1) is 0 Å². The SMILES string of the molecule is O=S(NCc1nc(N2CCCC2)c2ccccc2n1)c1cccc2cccc(F)c12. The predicted molar refractivity (Wildman–Crippen MR) is 118 cm³/mol. The number of fused-ring (bicyclic) bond motifs is 2. The molecule has 5 nitrogen and oxygen atoms in total. The highest BCUT2D eigenvalue weighted by Gasteiger charge is 2.18. The molecule has 0 radical (unpaired) electrons. The lowest BCUT2D eigenvalue weighted by Crippen LogP contribution is -2.23. The Morgan fingerprint density at radius 1 is 0.967 bits per heavy atom. The predicted octanol–water partition coefficient (Wildman–Crippen LogP) is 4.33. The number of hydrogen-bond donors (Lipinski definition) is 1. The van der Waals surface area contributed by atoms with Gasteiger partial charge < -0.3 is 4.90 Å². The molecule has 1 aliphatic rings. The Hall–Kier alpha value is -2.90. The van der Waals surface area contributed by atoms with E-state index < -0.39 is 11.0 Å². The molecule has 0 amide bonds. The minimum Gasteiger partial charge on any atom is -0.356 e. The number of rotatable bonds is 5. The van der Waals surface area contributed by atoms with Gasteiger partial charge in [-0.2, -0.15) is 0 Å². The molecular weight excluding hydrogens is 399 g/mol. The lowest BCUT2D eigenvalue weighted by Gasteiger charge is -2.19. The highest BCUT2D eigenvalue weighted by molar-refractivity contribution is 7.83. The second kappa shape index (κ2) is 8.08. The third kappa shape index (κ3) is 3.55. The molecule has 152 valence electrons. The third-order valence-electron chi connectivity index (χ3n) is 5.41. The van der Waals surface area contributed by atoms with Crippen molar-refractivity contribution in [2.24, 2.45) is 0 Å². The van der Waals surface area contributed by atoms with Crippen LogP contribution in [0.15, 0.2) is 65.6 Å². The van der Waals surface area contributed by atoms with Crippen LogP contribution < -0.4 is 9.62 Å². The van der Waals surface area contributed by atoms with Crippen LogP contribution in [0.5, 0.6) is 0 Å². The van der Waals surface area contributed by atoms with Crippen LogP contribution in [0.2, 0.25) is 0 Å². The maximum Gasteiger partial charge on any atom is 0.146 e. The molecule has 5 rings (SSSR count). The molecule has 1 N–H and O–H groups in total. The molecule has 1 atom stereocenters. The molecule has 0 saturated carbocycles. The molecule has 1 saturated heterocycles. The Balaban J connectivity index is 1.45. The van der Waals surface area contributed by atoms with Crippen LogP contribution in [-0.4, -0.2) is 27.3 Å². The first-order chi connectivity index (χ1) is 14.7. The van der Waals surface area contributed by atoms with Crippen molar-refractivity contribution in [3.05, 3.63) is 72.3 Å². The van der Waals surface area contributed by atoms with Crippen molar-refractivity contribution >= 4 is 38.5 Å². The molecule has 1 aliphatic heterocycles. The molecule has 0 bridgehead atoms. The van der Waals surface area contributed by atoms with Crippen molar-refractivity contribution in [3.63, 3.8) is 0 Å². The number of aromatic nitrogens is 2. The standard InChI is InChI=1S/C23H21FN4OS/c24-18-10-5-7-16-8-6-12-20(22(16)18)30(29)25-15-21-26-19-11-2-1-9-17(19)23(27-21)28-13-3-4-14-28/h1-2,5-12,25H,3-4,13-15H2. The van der Waals surface area contributed by atoms with Crippen LogP contribution in [0.1, 0.15) is 18.7 Å². The van der Waals surface area contributed by atoms with E-state index in [4.69, 9.17) is 4.98 Å². The Morgan fingerprint density at radius 2 is 1.73 bits per heavy atom. The summed E-state index contributed by atoms with van der Waals surface area (Å²) < 4.78 is 30.3. The van der Waals surface area contributed by atoms with Crippen LogP contribution in [0.25, 0.3) is 21.7 Å². The van der Waals surface area contributed by atoms with Gasteiger partial charge in [-0.1, -0.05) is 36.4 Å². The number of hydrogen-bond acceptors (Lipinski definition) is 4. The Kier molecular flexibility index (Phi) is 5.14. The van der Waals surface area contributed by atoms with Crippen molar-refractivity contribution in [3.8, 4) is 0 Å². The fourth-order valence-electron chi connectivity index (χ4n) is 3.98. The van der Waals surface area contributed by atoms with Crippen molar-refractivity contribution in [1.82, 2.24) is 14.7 Å². The molecule has 0 spiro atoms. The first-order valence-electron chi connectivity index (χ1n) is 10.0. The number of nitrogens with zero attached hydrogens (tertiary/aromatic N) is 3. The Labute approximate surface area is 176 Å². The molecule has 1 unspecified atom stereocenters. The quantitative estimate of drug-likeness (QED) is 0.522. The van der Waals surface area contributed by atoms with Gasteiger partial charge in [0.1, 0.15) is 28.4 Å². The fourth-order valence-corrected chi connectivity index (χ4v) is 5.00. The van der Waals surface area contributed by atoms with Crippen molar-refractivity contribution in [1.29, 1.82) is 0 Å². The van der Waals surface area contributed by atoms with Gasteiger partial charge in [0.25, 0.3) is 0 Å². The average molecular weight is 421 g/mol. The number of benzene rings is 3. The molecule has 1 aromatic heterocycles. The zero-order valence-electron chi connectivity index (χ0n) is 16.3. The third-order valence-corrected chi connectivity index (χ3v) is 6.56. The normalized spacial score (nSPS) is 15.2. The number of anilines is 1. The monoisotopic (exact) mass is 420 g/mol. The molecule has 4 aromatic rings. The summed E-state index contributed by atoms with van der Waals surface area (Å²) in [5.41, 5.74) is 0.869. The molecular formula is C23H21FN4OS. The smallest absolute Gasteiger partial charge is 0.146 e. The van der Waals surface area contributed by atoms with Gasteiger partial charge in [0.15, 0.2) is 0 Å². The van der Waals surface area contributed by atoms with E-state index in [9.17, 15) is 8.60 Å². The van der Waals surface area contributed by atoms with Crippen LogP contribution in [-0.2, 0) is 17.5 Å². The maximum absolute atomic E-state index is 14.4. The summed E-state index contributed by atoms with van der Waals surface area (Å²) in [5.74, 6) is 1.12. The van der Waals surface area contributed by atoms with E-state index in [1.165, 1.54) is 6.07 Å². The van der Waals surface area contributed by atoms with E-state index in [0.717, 1.165) is 48.0 Å². The van der Waals surface area contributed by atoms with Crippen LogP contribution in [0, 0.1) is 5.82 Å². The molecule has 30 heavy (non-hydrogen) atoms. The van der Waals surface area contributed by atoms with E-state index in [-0.39, 0.29) is 12.4 Å². The summed E-state index contributed by atoms with van der Waals surface area (Å²) in [6.07, 6.45) is 2.31. The lowest BCUT2D eigenvalue weighted by atomic mass is 10.1. The van der Waals surface area contributed by atoms with Crippen LogP contribution in [0.4, 0.5) is 10.2 Å². The van der Waals surface area contributed by atoms with Crippen LogP contribution >= 0.6 is 0 Å². The second-order valence-corrected chi connectivity index (χ2v) is 8.62. The first kappa shape index (κ1) is 19.1. The zero-order valence-corrected chi connectivity index (χ0v) is 17.2. The summed E-state index contributed by atoms with van der Waals surface area (Å²) in [5, 5.41) is 2.13. The lowest BCUT2D eigenvalue weighted by molar-refractivity contribution is 0.636. The zero-order chi connectivity index (χ0) is 20.5. The van der Waals surface area contributed by atoms with Crippen molar-refractivity contribution < 1.29 is 8.60 Å². The minimum atomic E-state index is -1.59. The fraction of sp³-hybridized carbons (Fsp3) is 0.217. The van der Waals surface area contributed by atoms with Gasteiger partial charge >= 0.3 is 0 Å². The molecule has 0 aliphatic carbocycles. The van der Waals surface area contributed by atoms with Crippen LogP contribution in [0.3, 0.4) is 0 Å². The molecule has 7 heteroatoms. The Bertz CT molecular complexity index is 1250.